The zero-order valence-electron chi connectivity index (χ0n) is 10.3. The Bertz CT molecular complexity index is 416. The van der Waals surface area contributed by atoms with Gasteiger partial charge in [-0.25, -0.2) is 9.97 Å². The van der Waals surface area contributed by atoms with Crippen molar-refractivity contribution < 1.29 is 19.0 Å². The van der Waals surface area contributed by atoms with Gasteiger partial charge in [0.15, 0.2) is 5.79 Å². The van der Waals surface area contributed by atoms with Crippen molar-refractivity contribution in [1.82, 2.24) is 9.97 Å². The zero-order valence-corrected chi connectivity index (χ0v) is 10.3. The highest BCUT2D eigenvalue weighted by Gasteiger charge is 2.36. The van der Waals surface area contributed by atoms with Crippen LogP contribution in [0.25, 0.3) is 0 Å². The standard InChI is InChI=1S/C11H16FN3O3/c1-11(2)17-5-8(18-11)7(16)4-13-10-3-9(12)14-6-15-10/h3,6-8,16H,4-5H2,1-2H3,(H,13,14,15)/t7?,8-/m1/s1. The van der Waals surface area contributed by atoms with Crippen LogP contribution in [0.1, 0.15) is 13.8 Å². The van der Waals surface area contributed by atoms with Crippen molar-refractivity contribution in [2.75, 3.05) is 18.5 Å². The van der Waals surface area contributed by atoms with E-state index in [0.717, 1.165) is 12.4 Å². The van der Waals surface area contributed by atoms with E-state index in [1.165, 1.54) is 0 Å². The second-order valence-corrected chi connectivity index (χ2v) is 4.54. The summed E-state index contributed by atoms with van der Waals surface area (Å²) in [6.07, 6.45) is -0.0495. The van der Waals surface area contributed by atoms with Crippen LogP contribution in [0, 0.1) is 5.95 Å². The van der Waals surface area contributed by atoms with E-state index in [1.54, 1.807) is 13.8 Å². The summed E-state index contributed by atoms with van der Waals surface area (Å²) in [5.41, 5.74) is 0. The molecule has 18 heavy (non-hydrogen) atoms. The summed E-state index contributed by atoms with van der Waals surface area (Å²) in [6, 6.07) is 1.16. The normalized spacial score (nSPS) is 23.9. The first-order valence-electron chi connectivity index (χ1n) is 5.67. The third-order valence-corrected chi connectivity index (χ3v) is 2.59. The Morgan fingerprint density at radius 2 is 2.39 bits per heavy atom. The van der Waals surface area contributed by atoms with Crippen LogP contribution in [0.4, 0.5) is 10.2 Å². The predicted octanol–water partition coefficient (Wildman–Crippen LogP) is 0.540. The molecule has 1 aromatic heterocycles. The van der Waals surface area contributed by atoms with Gasteiger partial charge in [0.05, 0.1) is 12.7 Å². The first kappa shape index (κ1) is 13.1. The number of anilines is 1. The molecule has 0 radical (unpaired) electrons. The number of rotatable bonds is 4. The van der Waals surface area contributed by atoms with E-state index in [4.69, 9.17) is 9.47 Å². The maximum absolute atomic E-state index is 12.8. The highest BCUT2D eigenvalue weighted by Crippen LogP contribution is 2.24. The van der Waals surface area contributed by atoms with Crippen molar-refractivity contribution in [3.05, 3.63) is 18.3 Å². The van der Waals surface area contributed by atoms with Crippen LogP contribution < -0.4 is 5.32 Å². The number of nitrogens with one attached hydrogen (secondary N) is 1. The second kappa shape index (κ2) is 5.13. The number of aliphatic hydroxyl groups is 1. The van der Waals surface area contributed by atoms with Gasteiger partial charge in [-0.15, -0.1) is 0 Å². The molecule has 0 amide bonds. The highest BCUT2D eigenvalue weighted by molar-refractivity contribution is 5.32. The van der Waals surface area contributed by atoms with Crippen molar-refractivity contribution in [2.24, 2.45) is 0 Å². The van der Waals surface area contributed by atoms with E-state index in [1.807, 2.05) is 0 Å². The minimum Gasteiger partial charge on any atom is -0.388 e. The summed E-state index contributed by atoms with van der Waals surface area (Å²) in [5, 5.41) is 12.7. The molecule has 2 N–H and O–H groups in total. The molecular weight excluding hydrogens is 241 g/mol. The molecule has 1 aliphatic heterocycles. The van der Waals surface area contributed by atoms with Gasteiger partial charge >= 0.3 is 0 Å². The average molecular weight is 257 g/mol. The summed E-state index contributed by atoms with van der Waals surface area (Å²) in [4.78, 5) is 7.16. The summed E-state index contributed by atoms with van der Waals surface area (Å²) in [6.45, 7) is 4.09. The molecule has 1 unspecified atom stereocenters. The maximum Gasteiger partial charge on any atom is 0.217 e. The Morgan fingerprint density at radius 1 is 1.61 bits per heavy atom. The van der Waals surface area contributed by atoms with E-state index in [-0.39, 0.29) is 6.54 Å². The summed E-state index contributed by atoms with van der Waals surface area (Å²) < 4.78 is 23.6. The molecule has 2 atom stereocenters. The van der Waals surface area contributed by atoms with Crippen LogP contribution in [0.15, 0.2) is 12.4 Å². The summed E-state index contributed by atoms with van der Waals surface area (Å²) in [5.74, 6) is -0.976. The number of nitrogens with zero attached hydrogens (tertiary/aromatic N) is 2. The molecular formula is C11H16FN3O3. The molecule has 2 heterocycles. The van der Waals surface area contributed by atoms with Gasteiger partial charge in [-0.3, -0.25) is 0 Å². The molecule has 1 saturated heterocycles. The summed E-state index contributed by atoms with van der Waals surface area (Å²) >= 11 is 0. The van der Waals surface area contributed by atoms with E-state index >= 15 is 0 Å². The number of aromatic nitrogens is 2. The Labute approximate surface area is 104 Å². The Kier molecular flexibility index (Phi) is 3.74. The maximum atomic E-state index is 12.8. The smallest absolute Gasteiger partial charge is 0.217 e. The fraction of sp³-hybridized carbons (Fsp3) is 0.636. The Morgan fingerprint density at radius 3 is 3.00 bits per heavy atom. The molecule has 0 spiro atoms. The molecule has 0 aliphatic carbocycles. The number of hydrogen-bond donors (Lipinski definition) is 2. The lowest BCUT2D eigenvalue weighted by Gasteiger charge is -2.20. The first-order chi connectivity index (χ1) is 8.46. The monoisotopic (exact) mass is 257 g/mol. The highest BCUT2D eigenvalue weighted by atomic mass is 19.1. The number of hydrogen-bond acceptors (Lipinski definition) is 6. The van der Waals surface area contributed by atoms with E-state index < -0.39 is 23.9 Å². The molecule has 0 aromatic carbocycles. The minimum absolute atomic E-state index is 0.195. The van der Waals surface area contributed by atoms with Gasteiger partial charge in [-0.1, -0.05) is 0 Å². The molecule has 1 fully saturated rings. The number of ether oxygens (including phenoxy) is 2. The second-order valence-electron chi connectivity index (χ2n) is 4.54. The fourth-order valence-electron chi connectivity index (χ4n) is 1.68. The Hall–Kier alpha value is -1.31. The largest absolute Gasteiger partial charge is 0.388 e. The predicted molar refractivity (Wildman–Crippen MR) is 61.4 cm³/mol. The van der Waals surface area contributed by atoms with Gasteiger partial charge in [0.25, 0.3) is 0 Å². The lowest BCUT2D eigenvalue weighted by atomic mass is 10.2. The van der Waals surface area contributed by atoms with Gasteiger partial charge in [0.1, 0.15) is 18.2 Å². The molecule has 0 saturated carbocycles. The van der Waals surface area contributed by atoms with Gasteiger partial charge in [0, 0.05) is 12.6 Å². The molecule has 6 nitrogen and oxygen atoms in total. The lowest BCUT2D eigenvalue weighted by Crippen LogP contribution is -2.35. The molecule has 0 bridgehead atoms. The molecule has 1 aromatic rings. The number of aliphatic hydroxyl groups excluding tert-OH is 1. The average Bonchev–Trinajstić information content (AvgIpc) is 2.67. The quantitative estimate of drug-likeness (QED) is 0.767. The lowest BCUT2D eigenvalue weighted by molar-refractivity contribution is -0.149. The minimum atomic E-state index is -0.759. The van der Waals surface area contributed by atoms with Crippen molar-refractivity contribution >= 4 is 5.82 Å². The fourth-order valence-corrected chi connectivity index (χ4v) is 1.68. The first-order valence-corrected chi connectivity index (χ1v) is 5.67. The zero-order chi connectivity index (χ0) is 13.2. The van der Waals surface area contributed by atoms with Crippen LogP contribution >= 0.6 is 0 Å². The topological polar surface area (TPSA) is 76.5 Å². The van der Waals surface area contributed by atoms with Crippen LogP contribution in [0.3, 0.4) is 0 Å². The molecule has 7 heteroatoms. The van der Waals surface area contributed by atoms with Crippen molar-refractivity contribution in [2.45, 2.75) is 31.8 Å². The van der Waals surface area contributed by atoms with Crippen LogP contribution in [-0.4, -0.2) is 46.2 Å². The third kappa shape index (κ3) is 3.34. The van der Waals surface area contributed by atoms with Crippen LogP contribution in [0.5, 0.6) is 0 Å². The molecule has 1 aliphatic rings. The van der Waals surface area contributed by atoms with Gasteiger partial charge in [0.2, 0.25) is 5.95 Å². The van der Waals surface area contributed by atoms with E-state index in [9.17, 15) is 9.50 Å². The number of halogens is 1. The molecule has 2 rings (SSSR count). The SMILES string of the molecule is CC1(C)OC[C@H](C(O)CNc2cc(F)ncn2)O1. The van der Waals surface area contributed by atoms with Gasteiger partial charge < -0.3 is 19.9 Å². The molecule has 100 valence electrons. The van der Waals surface area contributed by atoms with E-state index in [0.29, 0.717) is 12.4 Å². The van der Waals surface area contributed by atoms with Crippen LogP contribution in [0.2, 0.25) is 0 Å². The van der Waals surface area contributed by atoms with Crippen LogP contribution in [-0.2, 0) is 9.47 Å². The van der Waals surface area contributed by atoms with Crippen molar-refractivity contribution in [3.8, 4) is 0 Å². The van der Waals surface area contributed by atoms with Crippen molar-refractivity contribution in [1.29, 1.82) is 0 Å². The van der Waals surface area contributed by atoms with Gasteiger partial charge in [-0.2, -0.15) is 4.39 Å². The van der Waals surface area contributed by atoms with Crippen molar-refractivity contribution in [3.63, 3.8) is 0 Å². The van der Waals surface area contributed by atoms with Gasteiger partial charge in [-0.05, 0) is 13.8 Å². The Balaban J connectivity index is 1.84. The summed E-state index contributed by atoms with van der Waals surface area (Å²) in [7, 11) is 0. The third-order valence-electron chi connectivity index (χ3n) is 2.59. The van der Waals surface area contributed by atoms with E-state index in [2.05, 4.69) is 15.3 Å².